The zero-order chi connectivity index (χ0) is 12.4. The van der Waals surface area contributed by atoms with Crippen LogP contribution in [-0.2, 0) is 15.5 Å². The maximum atomic E-state index is 11.2. The molecule has 16 heavy (non-hydrogen) atoms. The molecule has 3 atom stereocenters. The van der Waals surface area contributed by atoms with Crippen molar-refractivity contribution in [3.05, 3.63) is 0 Å². The molecule has 0 bridgehead atoms. The van der Waals surface area contributed by atoms with Gasteiger partial charge in [-0.1, -0.05) is 26.7 Å². The summed E-state index contributed by atoms with van der Waals surface area (Å²) in [5.41, 5.74) is 0. The highest BCUT2D eigenvalue weighted by atomic mass is 32.2. The summed E-state index contributed by atoms with van der Waals surface area (Å²) >= 11 is 0. The van der Waals surface area contributed by atoms with Gasteiger partial charge in [0.2, 0.25) is 0 Å². The van der Waals surface area contributed by atoms with Gasteiger partial charge in [-0.2, -0.15) is 0 Å². The van der Waals surface area contributed by atoms with Gasteiger partial charge in [-0.15, -0.1) is 0 Å². The number of hydrogen-bond acceptors (Lipinski definition) is 3. The molecule has 3 nitrogen and oxygen atoms in total. The van der Waals surface area contributed by atoms with Crippen LogP contribution in [0.3, 0.4) is 0 Å². The van der Waals surface area contributed by atoms with Crippen molar-refractivity contribution in [2.24, 2.45) is 0 Å². The highest BCUT2D eigenvalue weighted by molar-refractivity contribution is 7.84. The Morgan fingerprint density at radius 2 is 2.06 bits per heavy atom. The van der Waals surface area contributed by atoms with Crippen LogP contribution in [0, 0.1) is 0 Å². The quantitative estimate of drug-likeness (QED) is 0.643. The van der Waals surface area contributed by atoms with Gasteiger partial charge in [0.05, 0.1) is 6.61 Å². The van der Waals surface area contributed by atoms with Crippen molar-refractivity contribution >= 4 is 10.8 Å². The number of unbranched alkanes of at least 4 members (excludes halogenated alkanes) is 1. The molecule has 0 aliphatic rings. The summed E-state index contributed by atoms with van der Waals surface area (Å²) < 4.78 is 16.4. The van der Waals surface area contributed by atoms with E-state index in [0.29, 0.717) is 6.04 Å². The van der Waals surface area contributed by atoms with E-state index >= 15 is 0 Å². The van der Waals surface area contributed by atoms with Crippen LogP contribution in [0.1, 0.15) is 39.5 Å². The topological polar surface area (TPSA) is 38.3 Å². The van der Waals surface area contributed by atoms with E-state index in [2.05, 4.69) is 12.2 Å². The van der Waals surface area contributed by atoms with E-state index in [4.69, 9.17) is 4.74 Å². The van der Waals surface area contributed by atoms with E-state index in [1.54, 1.807) is 13.4 Å². The predicted molar refractivity (Wildman–Crippen MR) is 71.3 cm³/mol. The van der Waals surface area contributed by atoms with E-state index in [1.807, 2.05) is 6.92 Å². The molecule has 0 saturated carbocycles. The maximum absolute atomic E-state index is 11.2. The van der Waals surface area contributed by atoms with E-state index in [-0.39, 0.29) is 5.25 Å². The summed E-state index contributed by atoms with van der Waals surface area (Å²) in [6.45, 7) is 5.93. The Kier molecular flexibility index (Phi) is 10.3. The first-order valence-corrected chi connectivity index (χ1v) is 7.78. The SMILES string of the molecule is CCCCC(COC)NCCC(C)S(C)=O. The number of methoxy groups -OCH3 is 1. The van der Waals surface area contributed by atoms with Gasteiger partial charge in [0.15, 0.2) is 0 Å². The molecule has 4 heteroatoms. The minimum absolute atomic E-state index is 0.280. The highest BCUT2D eigenvalue weighted by Gasteiger charge is 2.09. The third-order valence-electron chi connectivity index (χ3n) is 2.82. The van der Waals surface area contributed by atoms with Crippen LogP contribution in [0.5, 0.6) is 0 Å². The normalized spacial score (nSPS) is 17.0. The fourth-order valence-electron chi connectivity index (χ4n) is 1.55. The first kappa shape index (κ1) is 16.1. The number of nitrogens with one attached hydrogen (secondary N) is 1. The van der Waals surface area contributed by atoms with Crippen molar-refractivity contribution in [1.82, 2.24) is 5.32 Å². The van der Waals surface area contributed by atoms with Crippen LogP contribution in [0.15, 0.2) is 0 Å². The van der Waals surface area contributed by atoms with Crippen LogP contribution in [0.2, 0.25) is 0 Å². The average molecular weight is 249 g/mol. The molecule has 0 saturated heterocycles. The van der Waals surface area contributed by atoms with Crippen LogP contribution < -0.4 is 5.32 Å². The van der Waals surface area contributed by atoms with Gasteiger partial charge in [0.25, 0.3) is 0 Å². The summed E-state index contributed by atoms with van der Waals surface area (Å²) in [4.78, 5) is 0. The standard InChI is InChI=1S/C12H27NO2S/c1-5-6-7-12(10-15-3)13-9-8-11(2)16(4)14/h11-13H,5-10H2,1-4H3. The van der Waals surface area contributed by atoms with Gasteiger partial charge < -0.3 is 10.1 Å². The van der Waals surface area contributed by atoms with Gasteiger partial charge in [0.1, 0.15) is 0 Å². The molecule has 0 aromatic rings. The summed E-state index contributed by atoms with van der Waals surface area (Å²) in [6, 6.07) is 0.447. The second-order valence-electron chi connectivity index (χ2n) is 4.35. The summed E-state index contributed by atoms with van der Waals surface area (Å²) in [6.07, 6.45) is 6.35. The monoisotopic (exact) mass is 249 g/mol. The van der Waals surface area contributed by atoms with Crippen molar-refractivity contribution in [3.8, 4) is 0 Å². The molecule has 0 aliphatic carbocycles. The van der Waals surface area contributed by atoms with Crippen LogP contribution >= 0.6 is 0 Å². The molecule has 0 amide bonds. The number of ether oxygens (including phenoxy) is 1. The lowest BCUT2D eigenvalue weighted by Gasteiger charge is -2.18. The average Bonchev–Trinajstić information content (AvgIpc) is 2.25. The van der Waals surface area contributed by atoms with Crippen molar-refractivity contribution in [3.63, 3.8) is 0 Å². The van der Waals surface area contributed by atoms with Gasteiger partial charge >= 0.3 is 0 Å². The number of hydrogen-bond donors (Lipinski definition) is 1. The molecular formula is C12H27NO2S. The smallest absolute Gasteiger partial charge is 0.0615 e. The van der Waals surface area contributed by atoms with E-state index < -0.39 is 10.8 Å². The first-order chi connectivity index (χ1) is 7.61. The fraction of sp³-hybridized carbons (Fsp3) is 1.00. The molecule has 0 aromatic carbocycles. The van der Waals surface area contributed by atoms with Gasteiger partial charge in [-0.05, 0) is 19.4 Å². The predicted octanol–water partition coefficient (Wildman–Crippen LogP) is 1.94. The Balaban J connectivity index is 3.70. The minimum atomic E-state index is -0.705. The largest absolute Gasteiger partial charge is 0.383 e. The van der Waals surface area contributed by atoms with Gasteiger partial charge in [-0.3, -0.25) is 4.21 Å². The zero-order valence-electron chi connectivity index (χ0n) is 11.1. The first-order valence-electron chi connectivity index (χ1n) is 6.16. The molecule has 0 spiro atoms. The Bertz CT molecular complexity index is 188. The lowest BCUT2D eigenvalue weighted by molar-refractivity contribution is 0.161. The Morgan fingerprint density at radius 3 is 2.56 bits per heavy atom. The van der Waals surface area contributed by atoms with Crippen LogP contribution in [0.25, 0.3) is 0 Å². The third-order valence-corrected chi connectivity index (χ3v) is 4.19. The molecule has 0 aliphatic heterocycles. The Labute approximate surface area is 103 Å². The molecule has 0 heterocycles. The molecule has 0 rings (SSSR count). The summed E-state index contributed by atoms with van der Waals surface area (Å²) in [7, 11) is 1.04. The van der Waals surface area contributed by atoms with E-state index in [1.165, 1.54) is 12.8 Å². The molecular weight excluding hydrogens is 222 g/mol. The molecule has 0 fully saturated rings. The van der Waals surface area contributed by atoms with Crippen molar-refractivity contribution < 1.29 is 8.95 Å². The lowest BCUT2D eigenvalue weighted by atomic mass is 10.1. The Hall–Kier alpha value is 0.0700. The van der Waals surface area contributed by atoms with E-state index in [0.717, 1.165) is 26.0 Å². The third kappa shape index (κ3) is 8.25. The van der Waals surface area contributed by atoms with Crippen LogP contribution in [-0.4, -0.2) is 42.0 Å². The van der Waals surface area contributed by atoms with Crippen LogP contribution in [0.4, 0.5) is 0 Å². The van der Waals surface area contributed by atoms with Gasteiger partial charge in [-0.25, -0.2) is 0 Å². The second kappa shape index (κ2) is 10.2. The molecule has 0 aromatic heterocycles. The zero-order valence-corrected chi connectivity index (χ0v) is 11.9. The highest BCUT2D eigenvalue weighted by Crippen LogP contribution is 2.03. The Morgan fingerprint density at radius 1 is 1.38 bits per heavy atom. The van der Waals surface area contributed by atoms with Crippen molar-refractivity contribution in [2.45, 2.75) is 50.8 Å². The molecule has 1 N–H and O–H groups in total. The second-order valence-corrected chi connectivity index (χ2v) is 6.15. The van der Waals surface area contributed by atoms with Crippen molar-refractivity contribution in [2.75, 3.05) is 26.5 Å². The number of rotatable bonds is 10. The summed E-state index contributed by atoms with van der Waals surface area (Å²) in [5.74, 6) is 0. The van der Waals surface area contributed by atoms with Gasteiger partial charge in [0, 0.05) is 35.5 Å². The molecule has 3 unspecified atom stereocenters. The molecule has 0 radical (unpaired) electrons. The lowest BCUT2D eigenvalue weighted by Crippen LogP contribution is -2.35. The van der Waals surface area contributed by atoms with Crippen molar-refractivity contribution in [1.29, 1.82) is 0 Å². The minimum Gasteiger partial charge on any atom is -0.383 e. The maximum Gasteiger partial charge on any atom is 0.0615 e. The molecule has 98 valence electrons. The van der Waals surface area contributed by atoms with E-state index in [9.17, 15) is 4.21 Å². The fourth-order valence-corrected chi connectivity index (χ4v) is 2.00. The summed E-state index contributed by atoms with van der Waals surface area (Å²) in [5, 5.41) is 3.76.